The van der Waals surface area contributed by atoms with E-state index < -0.39 is 12.0 Å². The van der Waals surface area contributed by atoms with Crippen LogP contribution in [0.5, 0.6) is 0 Å². The Morgan fingerprint density at radius 1 is 1.43 bits per heavy atom. The molecular formula is C17H26N2O2. The summed E-state index contributed by atoms with van der Waals surface area (Å²) in [7, 11) is 0. The van der Waals surface area contributed by atoms with Crippen LogP contribution in [-0.2, 0) is 17.6 Å². The fourth-order valence-corrected chi connectivity index (χ4v) is 2.92. The zero-order valence-electron chi connectivity index (χ0n) is 13.1. The van der Waals surface area contributed by atoms with Crippen LogP contribution in [0.2, 0.25) is 0 Å². The number of nitrogens with one attached hydrogen (secondary N) is 2. The third kappa shape index (κ3) is 3.97. The van der Waals surface area contributed by atoms with Gasteiger partial charge in [-0.15, -0.1) is 0 Å². The Labute approximate surface area is 126 Å². The summed E-state index contributed by atoms with van der Waals surface area (Å²) < 4.78 is 0. The molecule has 0 amide bonds. The first-order valence-electron chi connectivity index (χ1n) is 7.85. The smallest absolute Gasteiger partial charge is 0.320 e. The summed E-state index contributed by atoms with van der Waals surface area (Å²) >= 11 is 0. The summed E-state index contributed by atoms with van der Waals surface area (Å²) in [5, 5.41) is 16.0. The van der Waals surface area contributed by atoms with E-state index >= 15 is 0 Å². The monoisotopic (exact) mass is 290 g/mol. The Balaban J connectivity index is 1.97. The van der Waals surface area contributed by atoms with Gasteiger partial charge in [0.1, 0.15) is 6.04 Å². The highest BCUT2D eigenvalue weighted by Crippen LogP contribution is 2.23. The summed E-state index contributed by atoms with van der Waals surface area (Å²) in [5.74, 6) is -0.622. The maximum Gasteiger partial charge on any atom is 0.320 e. The van der Waals surface area contributed by atoms with E-state index in [2.05, 4.69) is 35.8 Å². The molecule has 4 heteroatoms. The van der Waals surface area contributed by atoms with E-state index in [1.54, 1.807) is 0 Å². The zero-order chi connectivity index (χ0) is 15.4. The molecule has 0 saturated carbocycles. The van der Waals surface area contributed by atoms with Gasteiger partial charge in [0.25, 0.3) is 0 Å². The SMILES string of the molecule is CCC(C)C(NC(C)Cc1ccc2c(c1)CCN2)C(=O)O. The largest absolute Gasteiger partial charge is 0.480 e. The van der Waals surface area contributed by atoms with Gasteiger partial charge in [-0.25, -0.2) is 0 Å². The van der Waals surface area contributed by atoms with E-state index in [-0.39, 0.29) is 12.0 Å². The Morgan fingerprint density at radius 2 is 2.19 bits per heavy atom. The van der Waals surface area contributed by atoms with Crippen molar-refractivity contribution in [3.05, 3.63) is 29.3 Å². The highest BCUT2D eigenvalue weighted by atomic mass is 16.4. The number of hydrogen-bond acceptors (Lipinski definition) is 3. The van der Waals surface area contributed by atoms with Crippen molar-refractivity contribution in [3.8, 4) is 0 Å². The van der Waals surface area contributed by atoms with Crippen LogP contribution in [0.3, 0.4) is 0 Å². The van der Waals surface area contributed by atoms with Crippen molar-refractivity contribution >= 4 is 11.7 Å². The number of carboxylic acids is 1. The third-order valence-corrected chi connectivity index (χ3v) is 4.36. The summed E-state index contributed by atoms with van der Waals surface area (Å²) in [6.07, 6.45) is 2.80. The molecule has 3 unspecified atom stereocenters. The van der Waals surface area contributed by atoms with E-state index in [4.69, 9.17) is 0 Å². The molecule has 21 heavy (non-hydrogen) atoms. The number of hydrogen-bond donors (Lipinski definition) is 3. The lowest BCUT2D eigenvalue weighted by Gasteiger charge is -2.24. The lowest BCUT2D eigenvalue weighted by Crippen LogP contribution is -2.46. The van der Waals surface area contributed by atoms with E-state index in [1.807, 2.05) is 13.8 Å². The molecule has 0 bridgehead atoms. The Morgan fingerprint density at radius 3 is 2.86 bits per heavy atom. The molecule has 4 nitrogen and oxygen atoms in total. The van der Waals surface area contributed by atoms with Crippen LogP contribution in [0.4, 0.5) is 5.69 Å². The standard InChI is InChI=1S/C17H26N2O2/c1-4-11(2)16(17(20)21)19-12(3)9-13-5-6-15-14(10-13)7-8-18-15/h5-6,10-12,16,18-19H,4,7-9H2,1-3H3,(H,20,21). The maximum atomic E-state index is 11.4. The molecule has 1 heterocycles. The Kier molecular flexibility index (Phi) is 5.23. The van der Waals surface area contributed by atoms with Gasteiger partial charge in [0.2, 0.25) is 0 Å². The first-order chi connectivity index (χ1) is 10.0. The van der Waals surface area contributed by atoms with Crippen LogP contribution >= 0.6 is 0 Å². The van der Waals surface area contributed by atoms with Gasteiger partial charge in [-0.1, -0.05) is 32.4 Å². The fraction of sp³-hybridized carbons (Fsp3) is 0.588. The predicted octanol–water partition coefficient (Wildman–Crippen LogP) is 2.67. The van der Waals surface area contributed by atoms with Crippen molar-refractivity contribution in [3.63, 3.8) is 0 Å². The maximum absolute atomic E-state index is 11.4. The van der Waals surface area contributed by atoms with Crippen molar-refractivity contribution in [2.24, 2.45) is 5.92 Å². The van der Waals surface area contributed by atoms with Crippen LogP contribution < -0.4 is 10.6 Å². The van der Waals surface area contributed by atoms with Crippen molar-refractivity contribution in [1.82, 2.24) is 5.32 Å². The molecule has 1 aliphatic heterocycles. The summed E-state index contributed by atoms with van der Waals surface area (Å²) in [4.78, 5) is 11.4. The van der Waals surface area contributed by atoms with Crippen molar-refractivity contribution in [2.75, 3.05) is 11.9 Å². The predicted molar refractivity (Wildman–Crippen MR) is 85.8 cm³/mol. The quantitative estimate of drug-likeness (QED) is 0.722. The van der Waals surface area contributed by atoms with Crippen LogP contribution in [0.1, 0.15) is 38.3 Å². The molecule has 116 valence electrons. The third-order valence-electron chi connectivity index (χ3n) is 4.36. The van der Waals surface area contributed by atoms with Gasteiger partial charge in [0.05, 0.1) is 0 Å². The molecule has 0 aromatic heterocycles. The molecule has 0 spiro atoms. The van der Waals surface area contributed by atoms with E-state index in [0.717, 1.165) is 25.8 Å². The minimum Gasteiger partial charge on any atom is -0.480 e. The topological polar surface area (TPSA) is 61.4 Å². The molecule has 0 fully saturated rings. The first kappa shape index (κ1) is 15.8. The van der Waals surface area contributed by atoms with Gasteiger partial charge in [0, 0.05) is 18.3 Å². The molecule has 2 rings (SSSR count). The molecule has 0 aliphatic carbocycles. The van der Waals surface area contributed by atoms with E-state index in [9.17, 15) is 9.90 Å². The average Bonchev–Trinajstić information content (AvgIpc) is 2.91. The number of carbonyl (C=O) groups is 1. The number of carboxylic acid groups (broad SMARTS) is 1. The number of benzene rings is 1. The molecule has 1 aromatic rings. The molecule has 1 aliphatic rings. The minimum atomic E-state index is -0.755. The van der Waals surface area contributed by atoms with Gasteiger partial charge in [-0.3, -0.25) is 4.79 Å². The summed E-state index contributed by atoms with van der Waals surface area (Å²) in [6.45, 7) is 7.09. The lowest BCUT2D eigenvalue weighted by molar-refractivity contribution is -0.141. The first-order valence-corrected chi connectivity index (χ1v) is 7.85. The summed E-state index contributed by atoms with van der Waals surface area (Å²) in [6, 6.07) is 6.18. The fourth-order valence-electron chi connectivity index (χ4n) is 2.92. The lowest BCUT2D eigenvalue weighted by atomic mass is 9.97. The van der Waals surface area contributed by atoms with Gasteiger partial charge in [-0.2, -0.15) is 0 Å². The number of aliphatic carboxylic acids is 1. The molecule has 3 atom stereocenters. The molecule has 3 N–H and O–H groups in total. The molecule has 0 saturated heterocycles. The van der Waals surface area contributed by atoms with Crippen LogP contribution in [-0.4, -0.2) is 29.7 Å². The van der Waals surface area contributed by atoms with E-state index in [1.165, 1.54) is 16.8 Å². The van der Waals surface area contributed by atoms with Crippen molar-refractivity contribution < 1.29 is 9.90 Å². The van der Waals surface area contributed by atoms with Crippen molar-refractivity contribution in [1.29, 1.82) is 0 Å². The minimum absolute atomic E-state index is 0.133. The Hall–Kier alpha value is -1.55. The average molecular weight is 290 g/mol. The molecule has 0 radical (unpaired) electrons. The van der Waals surface area contributed by atoms with Crippen molar-refractivity contribution in [2.45, 2.75) is 52.1 Å². The highest BCUT2D eigenvalue weighted by Gasteiger charge is 2.24. The number of anilines is 1. The molecular weight excluding hydrogens is 264 g/mol. The van der Waals surface area contributed by atoms with Crippen LogP contribution in [0.25, 0.3) is 0 Å². The second kappa shape index (κ2) is 6.94. The number of rotatable bonds is 7. The normalized spacial score (nSPS) is 17.7. The highest BCUT2D eigenvalue weighted by molar-refractivity contribution is 5.73. The van der Waals surface area contributed by atoms with Crippen LogP contribution in [0.15, 0.2) is 18.2 Å². The van der Waals surface area contributed by atoms with Gasteiger partial charge in [-0.05, 0) is 42.9 Å². The Bertz CT molecular complexity index is 502. The van der Waals surface area contributed by atoms with Gasteiger partial charge < -0.3 is 15.7 Å². The second-order valence-corrected chi connectivity index (χ2v) is 6.14. The summed E-state index contributed by atoms with van der Waals surface area (Å²) in [5.41, 5.74) is 3.88. The molecule has 1 aromatic carbocycles. The van der Waals surface area contributed by atoms with Gasteiger partial charge in [0.15, 0.2) is 0 Å². The van der Waals surface area contributed by atoms with E-state index in [0.29, 0.717) is 0 Å². The van der Waals surface area contributed by atoms with Gasteiger partial charge >= 0.3 is 5.97 Å². The second-order valence-electron chi connectivity index (χ2n) is 6.14. The zero-order valence-corrected chi connectivity index (χ0v) is 13.1. The number of fused-ring (bicyclic) bond motifs is 1. The van der Waals surface area contributed by atoms with Crippen LogP contribution in [0, 0.1) is 5.92 Å².